The van der Waals surface area contributed by atoms with Gasteiger partial charge in [0.15, 0.2) is 5.58 Å². The van der Waals surface area contributed by atoms with Crippen molar-refractivity contribution in [1.29, 1.82) is 0 Å². The number of fused-ring (bicyclic) bond motifs is 1. The number of hydrogen-bond donors (Lipinski definition) is 2. The molecule has 178 valence electrons. The first-order valence-corrected chi connectivity index (χ1v) is 11.5. The van der Waals surface area contributed by atoms with Crippen LogP contribution in [0.4, 0.5) is 0 Å². The van der Waals surface area contributed by atoms with Crippen LogP contribution < -0.4 is 16.4 Å². The highest BCUT2D eigenvalue weighted by molar-refractivity contribution is 5.86. The van der Waals surface area contributed by atoms with E-state index < -0.39 is 17.7 Å². The molecule has 0 radical (unpaired) electrons. The predicted molar refractivity (Wildman–Crippen MR) is 126 cm³/mol. The molecule has 0 spiro atoms. The summed E-state index contributed by atoms with van der Waals surface area (Å²) >= 11 is 0. The lowest BCUT2D eigenvalue weighted by Gasteiger charge is -2.33. The number of nitrogens with one attached hydrogen (secondary N) is 2. The van der Waals surface area contributed by atoms with Crippen LogP contribution in [0.3, 0.4) is 0 Å². The lowest BCUT2D eigenvalue weighted by Crippen LogP contribution is -2.45. The van der Waals surface area contributed by atoms with E-state index in [2.05, 4.69) is 10.6 Å². The molecule has 0 bridgehead atoms. The second-order valence-electron chi connectivity index (χ2n) is 8.33. The number of carbonyl (C=O) groups is 3. The van der Waals surface area contributed by atoms with Crippen LogP contribution in [-0.4, -0.2) is 46.8 Å². The van der Waals surface area contributed by atoms with Crippen LogP contribution in [-0.2, 0) is 20.9 Å². The van der Waals surface area contributed by atoms with Crippen molar-refractivity contribution in [3.05, 3.63) is 70.7 Å². The Kier molecular flexibility index (Phi) is 7.41. The van der Waals surface area contributed by atoms with Crippen molar-refractivity contribution in [2.24, 2.45) is 0 Å². The zero-order valence-corrected chi connectivity index (χ0v) is 18.9. The third-order valence-electron chi connectivity index (χ3n) is 5.97. The van der Waals surface area contributed by atoms with Gasteiger partial charge in [0, 0.05) is 13.1 Å². The van der Waals surface area contributed by atoms with E-state index in [4.69, 9.17) is 4.42 Å². The average Bonchev–Trinajstić information content (AvgIpc) is 3.16. The molecule has 4 rings (SSSR count). The molecule has 34 heavy (non-hydrogen) atoms. The molecule has 1 aliphatic heterocycles. The number of nitrogens with zero attached hydrogens (tertiary/aromatic N) is 2. The molecule has 2 N–H and O–H groups in total. The van der Waals surface area contributed by atoms with Gasteiger partial charge in [-0.2, -0.15) is 0 Å². The number of oxazole rings is 1. The highest BCUT2D eigenvalue weighted by Crippen LogP contribution is 2.26. The number of hydrogen-bond acceptors (Lipinski definition) is 5. The maximum Gasteiger partial charge on any atom is 0.420 e. The summed E-state index contributed by atoms with van der Waals surface area (Å²) < 4.78 is 6.39. The van der Waals surface area contributed by atoms with Crippen LogP contribution in [0.25, 0.3) is 11.1 Å². The summed E-state index contributed by atoms with van der Waals surface area (Å²) in [5.41, 5.74) is 1.78. The Balaban J connectivity index is 1.47. The van der Waals surface area contributed by atoms with Crippen molar-refractivity contribution in [2.45, 2.75) is 38.3 Å². The van der Waals surface area contributed by atoms with Gasteiger partial charge in [-0.25, -0.2) is 4.79 Å². The summed E-state index contributed by atoms with van der Waals surface area (Å²) in [6, 6.07) is 15.9. The number of amides is 3. The Bertz CT molecular complexity index is 1220. The van der Waals surface area contributed by atoms with Crippen molar-refractivity contribution in [1.82, 2.24) is 20.1 Å². The Morgan fingerprint density at radius 3 is 2.59 bits per heavy atom. The number of para-hydroxylation sites is 2. The van der Waals surface area contributed by atoms with E-state index in [0.29, 0.717) is 24.2 Å². The number of rotatable bonds is 5. The molecule has 1 aromatic heterocycles. The minimum Gasteiger partial charge on any atom is -0.408 e. The Hall–Kier alpha value is -3.88. The lowest BCUT2D eigenvalue weighted by atomic mass is 10.00. The minimum absolute atomic E-state index is 0.108. The van der Waals surface area contributed by atoms with Crippen LogP contribution in [0.1, 0.15) is 37.3 Å². The van der Waals surface area contributed by atoms with Gasteiger partial charge in [0.25, 0.3) is 0 Å². The molecule has 2 aromatic carbocycles. The second-order valence-corrected chi connectivity index (χ2v) is 8.33. The quantitative estimate of drug-likeness (QED) is 0.599. The average molecular weight is 465 g/mol. The van der Waals surface area contributed by atoms with Gasteiger partial charge in [-0.15, -0.1) is 0 Å². The van der Waals surface area contributed by atoms with E-state index in [0.717, 1.165) is 24.8 Å². The van der Waals surface area contributed by atoms with E-state index >= 15 is 0 Å². The highest BCUT2D eigenvalue weighted by Gasteiger charge is 2.28. The molecule has 1 fully saturated rings. The largest absolute Gasteiger partial charge is 0.420 e. The number of aromatic nitrogens is 1. The molecular formula is C25H28N4O5. The molecule has 0 saturated carbocycles. The van der Waals surface area contributed by atoms with Gasteiger partial charge in [0.05, 0.1) is 24.5 Å². The van der Waals surface area contributed by atoms with Crippen LogP contribution in [0.5, 0.6) is 0 Å². The van der Waals surface area contributed by atoms with Gasteiger partial charge in [-0.3, -0.25) is 19.0 Å². The number of benzene rings is 2. The van der Waals surface area contributed by atoms with Gasteiger partial charge in [0.1, 0.15) is 6.54 Å². The summed E-state index contributed by atoms with van der Waals surface area (Å²) in [4.78, 5) is 52.1. The summed E-state index contributed by atoms with van der Waals surface area (Å²) in [5.74, 6) is -1.49. The van der Waals surface area contributed by atoms with Crippen molar-refractivity contribution in [3.63, 3.8) is 0 Å². The fourth-order valence-corrected chi connectivity index (χ4v) is 4.24. The first-order valence-electron chi connectivity index (χ1n) is 11.5. The summed E-state index contributed by atoms with van der Waals surface area (Å²) in [7, 11) is 0. The zero-order valence-electron chi connectivity index (χ0n) is 18.9. The molecule has 0 aliphatic carbocycles. The highest BCUT2D eigenvalue weighted by atomic mass is 16.4. The smallest absolute Gasteiger partial charge is 0.408 e. The van der Waals surface area contributed by atoms with Crippen molar-refractivity contribution in [3.8, 4) is 0 Å². The van der Waals surface area contributed by atoms with Crippen LogP contribution in [0, 0.1) is 0 Å². The van der Waals surface area contributed by atoms with Gasteiger partial charge >= 0.3 is 5.76 Å². The summed E-state index contributed by atoms with van der Waals surface area (Å²) in [6.07, 6.45) is 2.69. The van der Waals surface area contributed by atoms with E-state index in [1.165, 1.54) is 4.57 Å². The molecule has 1 atom stereocenters. The maximum absolute atomic E-state index is 13.2. The predicted octanol–water partition coefficient (Wildman–Crippen LogP) is 1.97. The van der Waals surface area contributed by atoms with Crippen LogP contribution in [0.15, 0.2) is 63.8 Å². The van der Waals surface area contributed by atoms with Gasteiger partial charge < -0.3 is 20.0 Å². The Labute approximate surface area is 196 Å². The molecule has 3 amide bonds. The van der Waals surface area contributed by atoms with Gasteiger partial charge in [-0.05, 0) is 37.0 Å². The first-order chi connectivity index (χ1) is 16.5. The Morgan fingerprint density at radius 2 is 1.76 bits per heavy atom. The van der Waals surface area contributed by atoms with Gasteiger partial charge in [-0.1, -0.05) is 42.5 Å². The van der Waals surface area contributed by atoms with Crippen molar-refractivity contribution >= 4 is 28.8 Å². The van der Waals surface area contributed by atoms with Crippen molar-refractivity contribution in [2.75, 3.05) is 19.6 Å². The minimum atomic E-state index is -0.631. The first kappa shape index (κ1) is 23.3. The SMILES string of the molecule is O=C1CC(c2ccccc2)N(C(=O)CNC(=O)Cn2c(=O)oc3ccccc32)CCCCCN1. The van der Waals surface area contributed by atoms with E-state index in [1.54, 1.807) is 29.2 Å². The normalized spacial score (nSPS) is 17.2. The third kappa shape index (κ3) is 5.54. The van der Waals surface area contributed by atoms with E-state index in [-0.39, 0.29) is 31.3 Å². The monoisotopic (exact) mass is 464 g/mol. The third-order valence-corrected chi connectivity index (χ3v) is 5.97. The lowest BCUT2D eigenvalue weighted by molar-refractivity contribution is -0.136. The fourth-order valence-electron chi connectivity index (χ4n) is 4.24. The molecule has 2 heterocycles. The van der Waals surface area contributed by atoms with E-state index in [9.17, 15) is 19.2 Å². The van der Waals surface area contributed by atoms with Gasteiger partial charge in [0.2, 0.25) is 17.7 Å². The standard InChI is InChI=1S/C25H28N4O5/c30-22-15-20(18-9-3-1-4-10-18)28(14-8-2-7-13-26-22)24(32)16-27-23(31)17-29-19-11-5-6-12-21(19)34-25(29)33/h1,3-6,9-12,20H,2,7-8,13-17H2,(H,26,30)(H,27,31). The molecule has 3 aromatic rings. The number of carbonyl (C=O) groups excluding carboxylic acids is 3. The molecular weight excluding hydrogens is 436 g/mol. The molecule has 9 nitrogen and oxygen atoms in total. The summed E-state index contributed by atoms with van der Waals surface area (Å²) in [5, 5.41) is 5.54. The zero-order chi connectivity index (χ0) is 23.9. The molecule has 1 aliphatic rings. The van der Waals surface area contributed by atoms with E-state index in [1.807, 2.05) is 30.3 Å². The Morgan fingerprint density at radius 1 is 1.00 bits per heavy atom. The topological polar surface area (TPSA) is 114 Å². The van der Waals surface area contributed by atoms with Crippen LogP contribution >= 0.6 is 0 Å². The molecule has 1 unspecified atom stereocenters. The fraction of sp³-hybridized carbons (Fsp3) is 0.360. The maximum atomic E-state index is 13.2. The molecule has 9 heteroatoms. The van der Waals surface area contributed by atoms with Crippen molar-refractivity contribution < 1.29 is 18.8 Å². The second kappa shape index (κ2) is 10.8. The summed E-state index contributed by atoms with van der Waals surface area (Å²) in [6.45, 7) is 0.641. The molecule has 1 saturated heterocycles. The van der Waals surface area contributed by atoms with Crippen LogP contribution in [0.2, 0.25) is 0 Å².